The molecule has 1 rings (SSSR count). The number of nitrogens with zero attached hydrogens (tertiary/aromatic N) is 2. The predicted molar refractivity (Wildman–Crippen MR) is 63.8 cm³/mol. The van der Waals surface area contributed by atoms with Gasteiger partial charge >= 0.3 is 6.18 Å². The summed E-state index contributed by atoms with van der Waals surface area (Å²) >= 11 is 0. The Morgan fingerprint density at radius 2 is 2.11 bits per heavy atom. The fourth-order valence-electron chi connectivity index (χ4n) is 1.85. The molecule has 0 aliphatic rings. The highest BCUT2D eigenvalue weighted by atomic mass is 19.4. The Bertz CT molecular complexity index is 340. The van der Waals surface area contributed by atoms with Gasteiger partial charge < -0.3 is 5.73 Å². The Labute approximate surface area is 105 Å². The summed E-state index contributed by atoms with van der Waals surface area (Å²) in [6, 6.07) is 3.72. The Morgan fingerprint density at radius 1 is 1.39 bits per heavy atom. The molecule has 18 heavy (non-hydrogen) atoms. The van der Waals surface area contributed by atoms with Crippen LogP contribution in [0, 0.1) is 0 Å². The van der Waals surface area contributed by atoms with Crippen LogP contribution in [0.25, 0.3) is 0 Å². The van der Waals surface area contributed by atoms with Crippen molar-refractivity contribution in [2.45, 2.75) is 32.1 Å². The molecule has 0 aliphatic carbocycles. The number of hydrogen-bond donors (Lipinski definition) is 1. The van der Waals surface area contributed by atoms with Crippen LogP contribution >= 0.6 is 0 Å². The van der Waals surface area contributed by atoms with Gasteiger partial charge in [0.1, 0.15) is 6.04 Å². The molecule has 0 fully saturated rings. The first kappa shape index (κ1) is 14.9. The van der Waals surface area contributed by atoms with Gasteiger partial charge in [0, 0.05) is 12.7 Å². The minimum Gasteiger partial charge on any atom is -0.330 e. The zero-order valence-corrected chi connectivity index (χ0v) is 10.3. The van der Waals surface area contributed by atoms with Crippen LogP contribution in [0.4, 0.5) is 13.2 Å². The molecule has 0 aliphatic heterocycles. The first-order valence-electron chi connectivity index (χ1n) is 5.89. The maximum absolute atomic E-state index is 12.9. The zero-order chi connectivity index (χ0) is 13.6. The highest BCUT2D eigenvalue weighted by Gasteiger charge is 2.42. The second-order valence-electron chi connectivity index (χ2n) is 4.02. The van der Waals surface area contributed by atoms with Crippen molar-refractivity contribution < 1.29 is 13.2 Å². The quantitative estimate of drug-likeness (QED) is 0.853. The van der Waals surface area contributed by atoms with Crippen LogP contribution in [0.1, 0.15) is 19.0 Å². The number of pyridine rings is 1. The fraction of sp³-hybridized carbons (Fsp3) is 0.583. The van der Waals surface area contributed by atoms with E-state index in [1.165, 1.54) is 4.90 Å². The van der Waals surface area contributed by atoms with Crippen molar-refractivity contribution in [1.82, 2.24) is 9.88 Å². The third-order valence-corrected chi connectivity index (χ3v) is 2.76. The van der Waals surface area contributed by atoms with Gasteiger partial charge in [0.2, 0.25) is 0 Å². The molecule has 0 saturated carbocycles. The van der Waals surface area contributed by atoms with Gasteiger partial charge in [0.05, 0.1) is 5.69 Å². The Kier molecular flexibility index (Phi) is 5.55. The number of halogens is 3. The number of nitrogens with two attached hydrogens (primary N) is 1. The summed E-state index contributed by atoms with van der Waals surface area (Å²) in [6.45, 7) is 2.21. The molecular formula is C12H18F3N3. The third-order valence-electron chi connectivity index (χ3n) is 2.76. The first-order valence-corrected chi connectivity index (χ1v) is 5.89. The van der Waals surface area contributed by atoms with Crippen molar-refractivity contribution in [3.05, 3.63) is 30.1 Å². The lowest BCUT2D eigenvalue weighted by Gasteiger charge is -2.31. The molecule has 0 bridgehead atoms. The number of aromatic nitrogens is 1. The second kappa shape index (κ2) is 6.70. The molecule has 0 spiro atoms. The molecule has 2 N–H and O–H groups in total. The van der Waals surface area contributed by atoms with Gasteiger partial charge in [-0.25, -0.2) is 0 Å². The molecule has 0 radical (unpaired) electrons. The predicted octanol–water partition coefficient (Wildman–Crippen LogP) is 2.18. The number of alkyl halides is 3. The molecule has 6 heteroatoms. The van der Waals surface area contributed by atoms with Crippen LogP contribution in [-0.2, 0) is 6.54 Å². The van der Waals surface area contributed by atoms with Gasteiger partial charge in [0.25, 0.3) is 0 Å². The first-order chi connectivity index (χ1) is 8.49. The summed E-state index contributed by atoms with van der Waals surface area (Å²) < 4.78 is 38.8. The molecule has 1 heterocycles. The molecule has 3 nitrogen and oxygen atoms in total. The molecule has 0 aromatic carbocycles. The summed E-state index contributed by atoms with van der Waals surface area (Å²) in [5.41, 5.74) is 5.90. The zero-order valence-electron chi connectivity index (χ0n) is 10.3. The summed E-state index contributed by atoms with van der Waals surface area (Å²) in [4.78, 5) is 5.41. The van der Waals surface area contributed by atoms with Gasteiger partial charge in [-0.15, -0.1) is 0 Å². The van der Waals surface area contributed by atoms with Crippen LogP contribution in [0.2, 0.25) is 0 Å². The molecule has 0 saturated heterocycles. The van der Waals surface area contributed by atoms with Gasteiger partial charge in [0.15, 0.2) is 0 Å². The monoisotopic (exact) mass is 261 g/mol. The Balaban J connectivity index is 2.79. The SMILES string of the molecule is CCN(Cc1ccccn1)C(CCN)C(F)(F)F. The summed E-state index contributed by atoms with van der Waals surface area (Å²) in [7, 11) is 0. The van der Waals surface area contributed by atoms with Crippen molar-refractivity contribution in [2.75, 3.05) is 13.1 Å². The van der Waals surface area contributed by atoms with E-state index < -0.39 is 12.2 Å². The standard InChI is InChI=1S/C12H18F3N3/c1-2-18(9-10-5-3-4-8-17-10)11(6-7-16)12(13,14)15/h3-5,8,11H,2,6-7,9,16H2,1H3. The van der Waals surface area contributed by atoms with Crippen LogP contribution in [-0.4, -0.2) is 35.2 Å². The number of hydrogen-bond acceptors (Lipinski definition) is 3. The molecule has 1 unspecified atom stereocenters. The minimum absolute atomic E-state index is 0.0168. The van der Waals surface area contributed by atoms with E-state index >= 15 is 0 Å². The average molecular weight is 261 g/mol. The molecule has 102 valence electrons. The van der Waals surface area contributed by atoms with Crippen molar-refractivity contribution in [1.29, 1.82) is 0 Å². The van der Waals surface area contributed by atoms with E-state index in [0.717, 1.165) is 0 Å². The lowest BCUT2D eigenvalue weighted by atomic mass is 10.1. The highest BCUT2D eigenvalue weighted by Crippen LogP contribution is 2.27. The van der Waals surface area contributed by atoms with E-state index in [-0.39, 0.29) is 19.5 Å². The van der Waals surface area contributed by atoms with E-state index in [0.29, 0.717) is 12.2 Å². The van der Waals surface area contributed by atoms with E-state index in [1.807, 2.05) is 0 Å². The minimum atomic E-state index is -4.26. The van der Waals surface area contributed by atoms with Crippen molar-refractivity contribution in [2.24, 2.45) is 5.73 Å². The maximum atomic E-state index is 12.9. The molecule has 1 atom stereocenters. The second-order valence-corrected chi connectivity index (χ2v) is 4.02. The van der Waals surface area contributed by atoms with E-state index in [9.17, 15) is 13.2 Å². The van der Waals surface area contributed by atoms with Crippen molar-refractivity contribution in [3.8, 4) is 0 Å². The topological polar surface area (TPSA) is 42.2 Å². The molecule has 1 aromatic rings. The van der Waals surface area contributed by atoms with Crippen molar-refractivity contribution >= 4 is 0 Å². The van der Waals surface area contributed by atoms with Gasteiger partial charge in [-0.3, -0.25) is 9.88 Å². The maximum Gasteiger partial charge on any atom is 0.404 e. The average Bonchev–Trinajstić information content (AvgIpc) is 2.33. The number of rotatable bonds is 6. The van der Waals surface area contributed by atoms with Crippen molar-refractivity contribution in [3.63, 3.8) is 0 Å². The smallest absolute Gasteiger partial charge is 0.330 e. The largest absolute Gasteiger partial charge is 0.404 e. The summed E-state index contributed by atoms with van der Waals surface area (Å²) in [6.07, 6.45) is -2.77. The van der Waals surface area contributed by atoms with E-state index in [1.54, 1.807) is 31.3 Å². The van der Waals surface area contributed by atoms with Crippen LogP contribution in [0.15, 0.2) is 24.4 Å². The highest BCUT2D eigenvalue weighted by molar-refractivity contribution is 5.03. The van der Waals surface area contributed by atoms with E-state index in [2.05, 4.69) is 4.98 Å². The molecule has 0 amide bonds. The summed E-state index contributed by atoms with van der Waals surface area (Å²) in [5.74, 6) is 0. The Hall–Kier alpha value is -1.14. The summed E-state index contributed by atoms with van der Waals surface area (Å²) in [5, 5.41) is 0. The molecular weight excluding hydrogens is 243 g/mol. The Morgan fingerprint density at radius 3 is 2.56 bits per heavy atom. The van der Waals surface area contributed by atoms with Crippen LogP contribution in [0.5, 0.6) is 0 Å². The third kappa shape index (κ3) is 4.27. The molecule has 1 aromatic heterocycles. The van der Waals surface area contributed by atoms with Gasteiger partial charge in [-0.05, 0) is 31.6 Å². The van der Waals surface area contributed by atoms with Gasteiger partial charge in [-0.2, -0.15) is 13.2 Å². The fourth-order valence-corrected chi connectivity index (χ4v) is 1.85. The normalized spacial score (nSPS) is 13.9. The van der Waals surface area contributed by atoms with Crippen LogP contribution in [0.3, 0.4) is 0 Å². The van der Waals surface area contributed by atoms with Gasteiger partial charge in [-0.1, -0.05) is 13.0 Å². The van der Waals surface area contributed by atoms with E-state index in [4.69, 9.17) is 5.73 Å². The lowest BCUT2D eigenvalue weighted by Crippen LogP contribution is -2.46. The lowest BCUT2D eigenvalue weighted by molar-refractivity contribution is -0.186. The van der Waals surface area contributed by atoms with Crippen LogP contribution < -0.4 is 5.73 Å².